The molecule has 1 aromatic rings. The molecule has 0 aliphatic carbocycles. The predicted octanol–water partition coefficient (Wildman–Crippen LogP) is 2.06. The third kappa shape index (κ3) is 2.92. The summed E-state index contributed by atoms with van der Waals surface area (Å²) >= 11 is 1.98. The Bertz CT molecular complexity index is 332. The van der Waals surface area contributed by atoms with Crippen molar-refractivity contribution in [1.29, 1.82) is 0 Å². The molecule has 4 heteroatoms. The molecule has 82 valence electrons. The van der Waals surface area contributed by atoms with Crippen LogP contribution in [-0.4, -0.2) is 22.5 Å². The molecule has 2 atom stereocenters. The number of pyridine rings is 1. The van der Waals surface area contributed by atoms with Crippen LogP contribution >= 0.6 is 11.8 Å². The zero-order chi connectivity index (χ0) is 10.7. The monoisotopic (exact) mass is 226 g/mol. The smallest absolute Gasteiger partial charge is 0.141 e. The summed E-state index contributed by atoms with van der Waals surface area (Å²) < 4.78 is 12.9. The summed E-state index contributed by atoms with van der Waals surface area (Å²) in [6, 6.07) is 2.09. The van der Waals surface area contributed by atoms with E-state index in [1.807, 2.05) is 11.8 Å². The highest BCUT2D eigenvalue weighted by atomic mass is 32.2. The number of nitrogens with one attached hydrogen (secondary N) is 1. The Morgan fingerprint density at radius 2 is 2.40 bits per heavy atom. The first-order valence-corrected chi connectivity index (χ1v) is 6.32. The van der Waals surface area contributed by atoms with Crippen LogP contribution in [0.4, 0.5) is 4.39 Å². The van der Waals surface area contributed by atoms with Crippen molar-refractivity contribution in [1.82, 2.24) is 10.3 Å². The highest BCUT2D eigenvalue weighted by molar-refractivity contribution is 7.99. The van der Waals surface area contributed by atoms with E-state index in [4.69, 9.17) is 0 Å². The zero-order valence-corrected chi connectivity index (χ0v) is 9.56. The molecule has 2 heterocycles. The maximum absolute atomic E-state index is 12.9. The summed E-state index contributed by atoms with van der Waals surface area (Å²) in [5, 5.41) is 3.45. The van der Waals surface area contributed by atoms with Gasteiger partial charge in [0, 0.05) is 24.5 Å². The minimum absolute atomic E-state index is 0.261. The normalized spacial score (nSPS) is 25.7. The molecule has 0 saturated carbocycles. The van der Waals surface area contributed by atoms with Gasteiger partial charge in [0.05, 0.1) is 6.20 Å². The SMILES string of the molecule is C[C@@H]1CSC[C@H]1NCc1cncc(F)c1. The van der Waals surface area contributed by atoms with Gasteiger partial charge in [-0.2, -0.15) is 11.8 Å². The van der Waals surface area contributed by atoms with E-state index in [-0.39, 0.29) is 5.82 Å². The van der Waals surface area contributed by atoms with Crippen molar-refractivity contribution in [3.8, 4) is 0 Å². The van der Waals surface area contributed by atoms with Gasteiger partial charge in [-0.15, -0.1) is 0 Å². The molecule has 15 heavy (non-hydrogen) atoms. The number of nitrogens with zero attached hydrogens (tertiary/aromatic N) is 1. The van der Waals surface area contributed by atoms with Crippen LogP contribution in [0.25, 0.3) is 0 Å². The fourth-order valence-corrected chi connectivity index (χ4v) is 3.16. The third-order valence-corrected chi connectivity index (χ3v) is 4.05. The molecule has 1 saturated heterocycles. The molecule has 0 unspecified atom stereocenters. The van der Waals surface area contributed by atoms with Crippen LogP contribution in [0.1, 0.15) is 12.5 Å². The van der Waals surface area contributed by atoms with Crippen molar-refractivity contribution < 1.29 is 4.39 Å². The Balaban J connectivity index is 1.87. The van der Waals surface area contributed by atoms with Crippen LogP contribution < -0.4 is 5.32 Å². The van der Waals surface area contributed by atoms with Crippen LogP contribution in [0, 0.1) is 11.7 Å². The summed E-state index contributed by atoms with van der Waals surface area (Å²) in [6.45, 7) is 2.96. The molecule has 2 rings (SSSR count). The largest absolute Gasteiger partial charge is 0.309 e. The summed E-state index contributed by atoms with van der Waals surface area (Å²) in [6.07, 6.45) is 2.94. The van der Waals surface area contributed by atoms with E-state index in [0.29, 0.717) is 18.5 Å². The lowest BCUT2D eigenvalue weighted by atomic mass is 10.1. The second-order valence-electron chi connectivity index (χ2n) is 4.01. The van der Waals surface area contributed by atoms with Gasteiger partial charge in [0.2, 0.25) is 0 Å². The van der Waals surface area contributed by atoms with Crippen LogP contribution in [0.5, 0.6) is 0 Å². The first-order valence-electron chi connectivity index (χ1n) is 5.16. The maximum Gasteiger partial charge on any atom is 0.141 e. The van der Waals surface area contributed by atoms with Gasteiger partial charge in [-0.3, -0.25) is 4.98 Å². The molecule has 1 aliphatic rings. The predicted molar refractivity (Wildman–Crippen MR) is 61.3 cm³/mol. The van der Waals surface area contributed by atoms with E-state index >= 15 is 0 Å². The molecule has 0 spiro atoms. The first-order chi connectivity index (χ1) is 7.25. The van der Waals surface area contributed by atoms with E-state index in [9.17, 15) is 4.39 Å². The number of aromatic nitrogens is 1. The van der Waals surface area contributed by atoms with Crippen LogP contribution in [-0.2, 0) is 6.54 Å². The Morgan fingerprint density at radius 1 is 1.53 bits per heavy atom. The van der Waals surface area contributed by atoms with E-state index in [1.165, 1.54) is 18.0 Å². The molecule has 0 radical (unpaired) electrons. The highest BCUT2D eigenvalue weighted by Gasteiger charge is 2.22. The quantitative estimate of drug-likeness (QED) is 0.854. The molecule has 0 bridgehead atoms. The average molecular weight is 226 g/mol. The van der Waals surface area contributed by atoms with Gasteiger partial charge in [0.1, 0.15) is 5.82 Å². The number of hydrogen-bond acceptors (Lipinski definition) is 3. The molecule has 2 nitrogen and oxygen atoms in total. The topological polar surface area (TPSA) is 24.9 Å². The van der Waals surface area contributed by atoms with Gasteiger partial charge in [-0.05, 0) is 23.3 Å². The van der Waals surface area contributed by atoms with Crippen molar-refractivity contribution in [3.63, 3.8) is 0 Å². The Labute approximate surface area is 93.7 Å². The minimum atomic E-state index is -0.261. The molecule has 1 aromatic heterocycles. The lowest BCUT2D eigenvalue weighted by molar-refractivity contribution is 0.452. The van der Waals surface area contributed by atoms with Crippen LogP contribution in [0.3, 0.4) is 0 Å². The van der Waals surface area contributed by atoms with Gasteiger partial charge in [-0.1, -0.05) is 6.92 Å². The number of halogens is 1. The highest BCUT2D eigenvalue weighted by Crippen LogP contribution is 2.23. The lowest BCUT2D eigenvalue weighted by Gasteiger charge is -2.16. The van der Waals surface area contributed by atoms with Crippen LogP contribution in [0.15, 0.2) is 18.5 Å². The summed E-state index contributed by atoms with van der Waals surface area (Å²) in [4.78, 5) is 3.83. The van der Waals surface area contributed by atoms with Crippen LogP contribution in [0.2, 0.25) is 0 Å². The fraction of sp³-hybridized carbons (Fsp3) is 0.545. The molecule has 1 fully saturated rings. The van der Waals surface area contributed by atoms with Crippen molar-refractivity contribution in [3.05, 3.63) is 29.8 Å². The third-order valence-electron chi connectivity index (χ3n) is 2.69. The Morgan fingerprint density at radius 3 is 3.07 bits per heavy atom. The van der Waals surface area contributed by atoms with E-state index < -0.39 is 0 Å². The van der Waals surface area contributed by atoms with Crippen molar-refractivity contribution in [2.75, 3.05) is 11.5 Å². The standard InChI is InChI=1S/C11H15FN2S/c1-8-6-15-7-11(8)14-4-9-2-10(12)5-13-3-9/h2-3,5,8,11,14H,4,6-7H2,1H3/t8-,11-/m1/s1. The Hall–Kier alpha value is -0.610. The molecule has 0 amide bonds. The molecular weight excluding hydrogens is 211 g/mol. The minimum Gasteiger partial charge on any atom is -0.309 e. The lowest BCUT2D eigenvalue weighted by Crippen LogP contribution is -2.33. The van der Waals surface area contributed by atoms with E-state index in [2.05, 4.69) is 17.2 Å². The number of hydrogen-bond donors (Lipinski definition) is 1. The number of thioether (sulfide) groups is 1. The van der Waals surface area contributed by atoms with Gasteiger partial charge in [0.15, 0.2) is 0 Å². The van der Waals surface area contributed by atoms with Gasteiger partial charge in [0.25, 0.3) is 0 Å². The van der Waals surface area contributed by atoms with Crippen molar-refractivity contribution in [2.45, 2.75) is 19.5 Å². The van der Waals surface area contributed by atoms with E-state index in [0.717, 1.165) is 11.3 Å². The second kappa shape index (κ2) is 4.94. The first kappa shape index (κ1) is 10.9. The van der Waals surface area contributed by atoms with Gasteiger partial charge >= 0.3 is 0 Å². The van der Waals surface area contributed by atoms with Crippen molar-refractivity contribution in [2.24, 2.45) is 5.92 Å². The Kier molecular flexibility index (Phi) is 3.59. The summed E-state index contributed by atoms with van der Waals surface area (Å²) in [5.74, 6) is 2.82. The molecule has 1 aliphatic heterocycles. The molecular formula is C11H15FN2S. The maximum atomic E-state index is 12.9. The second-order valence-corrected chi connectivity index (χ2v) is 5.09. The van der Waals surface area contributed by atoms with Gasteiger partial charge < -0.3 is 5.32 Å². The molecule has 0 aromatic carbocycles. The van der Waals surface area contributed by atoms with E-state index in [1.54, 1.807) is 6.20 Å². The zero-order valence-electron chi connectivity index (χ0n) is 8.74. The average Bonchev–Trinajstić information content (AvgIpc) is 2.61. The number of rotatable bonds is 3. The molecule has 1 N–H and O–H groups in total. The van der Waals surface area contributed by atoms with Gasteiger partial charge in [-0.25, -0.2) is 4.39 Å². The fourth-order valence-electron chi connectivity index (χ4n) is 1.72. The van der Waals surface area contributed by atoms with Crippen molar-refractivity contribution >= 4 is 11.8 Å². The summed E-state index contributed by atoms with van der Waals surface area (Å²) in [7, 11) is 0. The summed E-state index contributed by atoms with van der Waals surface area (Å²) in [5.41, 5.74) is 0.916.